The number of benzene rings is 1. The van der Waals surface area contributed by atoms with Gasteiger partial charge in [-0.3, -0.25) is 15.2 Å². The number of para-hydroxylation sites is 1. The second-order valence-electron chi connectivity index (χ2n) is 4.16. The van der Waals surface area contributed by atoms with Crippen LogP contribution in [0.4, 0.5) is 15.8 Å². The average molecular weight is 264 g/mol. The number of rotatable bonds is 4. The summed E-state index contributed by atoms with van der Waals surface area (Å²) in [6.45, 7) is 3.93. The third kappa shape index (κ3) is 2.54. The minimum absolute atomic E-state index is 0.104. The molecule has 0 saturated carbocycles. The number of aromatic nitrogens is 2. The smallest absolute Gasteiger partial charge is 0.295 e. The monoisotopic (exact) mass is 264 g/mol. The van der Waals surface area contributed by atoms with Gasteiger partial charge in [0.1, 0.15) is 5.69 Å². The molecule has 0 aliphatic heterocycles. The van der Waals surface area contributed by atoms with Crippen LogP contribution >= 0.6 is 0 Å². The summed E-state index contributed by atoms with van der Waals surface area (Å²) in [5.41, 5.74) is 2.12. The van der Waals surface area contributed by atoms with Crippen molar-refractivity contribution in [3.63, 3.8) is 0 Å². The second kappa shape index (κ2) is 5.05. The summed E-state index contributed by atoms with van der Waals surface area (Å²) < 4.78 is 13.6. The summed E-state index contributed by atoms with van der Waals surface area (Å²) in [4.78, 5) is 10.2. The predicted molar refractivity (Wildman–Crippen MR) is 68.4 cm³/mol. The zero-order valence-corrected chi connectivity index (χ0v) is 10.5. The first-order chi connectivity index (χ1) is 9.00. The van der Waals surface area contributed by atoms with Gasteiger partial charge in [-0.25, -0.2) is 4.39 Å². The van der Waals surface area contributed by atoms with Gasteiger partial charge >= 0.3 is 0 Å². The van der Waals surface area contributed by atoms with Gasteiger partial charge < -0.3 is 5.32 Å². The molecule has 2 aromatic rings. The zero-order chi connectivity index (χ0) is 14.0. The molecule has 0 fully saturated rings. The van der Waals surface area contributed by atoms with Crippen molar-refractivity contribution >= 4 is 11.4 Å². The number of nitro benzene ring substituents is 1. The van der Waals surface area contributed by atoms with E-state index in [1.807, 2.05) is 13.8 Å². The van der Waals surface area contributed by atoms with Gasteiger partial charge in [0.05, 0.1) is 10.6 Å². The first-order valence-corrected chi connectivity index (χ1v) is 5.68. The van der Waals surface area contributed by atoms with E-state index in [1.54, 1.807) is 0 Å². The molecule has 0 atom stereocenters. The zero-order valence-electron chi connectivity index (χ0n) is 10.5. The largest absolute Gasteiger partial charge is 0.373 e. The highest BCUT2D eigenvalue weighted by Crippen LogP contribution is 2.27. The maximum Gasteiger partial charge on any atom is 0.295 e. The van der Waals surface area contributed by atoms with E-state index in [1.165, 1.54) is 18.2 Å². The van der Waals surface area contributed by atoms with Crippen molar-refractivity contribution in [1.29, 1.82) is 0 Å². The Kier molecular flexibility index (Phi) is 3.46. The number of halogens is 1. The average Bonchev–Trinajstić information content (AvgIpc) is 2.67. The van der Waals surface area contributed by atoms with E-state index in [2.05, 4.69) is 15.5 Å². The Balaban J connectivity index is 2.27. The van der Waals surface area contributed by atoms with E-state index < -0.39 is 10.7 Å². The van der Waals surface area contributed by atoms with Crippen molar-refractivity contribution in [2.75, 3.05) is 5.32 Å². The van der Waals surface area contributed by atoms with Gasteiger partial charge in [-0.05, 0) is 19.9 Å². The lowest BCUT2D eigenvalue weighted by Gasteiger charge is -2.08. The van der Waals surface area contributed by atoms with Crippen LogP contribution in [0.25, 0.3) is 0 Å². The molecule has 100 valence electrons. The number of hydrogen-bond acceptors (Lipinski definition) is 4. The highest BCUT2D eigenvalue weighted by molar-refractivity contribution is 5.62. The molecule has 1 aromatic heterocycles. The van der Waals surface area contributed by atoms with E-state index in [0.717, 1.165) is 17.0 Å². The molecule has 19 heavy (non-hydrogen) atoms. The molecule has 0 saturated heterocycles. The maximum atomic E-state index is 13.6. The summed E-state index contributed by atoms with van der Waals surface area (Å²) in [6.07, 6.45) is 0. The highest BCUT2D eigenvalue weighted by atomic mass is 19.1. The summed E-state index contributed by atoms with van der Waals surface area (Å²) in [5.74, 6) is -0.645. The Morgan fingerprint density at radius 3 is 2.79 bits per heavy atom. The van der Waals surface area contributed by atoms with Crippen molar-refractivity contribution in [2.45, 2.75) is 20.4 Å². The number of aryl methyl sites for hydroxylation is 2. The number of H-pyrrole nitrogens is 1. The molecule has 0 bridgehead atoms. The van der Waals surface area contributed by atoms with E-state index in [9.17, 15) is 14.5 Å². The van der Waals surface area contributed by atoms with Gasteiger partial charge in [0.2, 0.25) is 0 Å². The third-order valence-electron chi connectivity index (χ3n) is 2.91. The van der Waals surface area contributed by atoms with Crippen molar-refractivity contribution in [1.82, 2.24) is 10.2 Å². The van der Waals surface area contributed by atoms with E-state index in [0.29, 0.717) is 0 Å². The number of hydrogen-bond donors (Lipinski definition) is 2. The van der Waals surface area contributed by atoms with Crippen LogP contribution in [0.3, 0.4) is 0 Å². The lowest BCUT2D eigenvalue weighted by atomic mass is 10.2. The predicted octanol–water partition coefficient (Wildman–Crippen LogP) is 2.69. The first kappa shape index (κ1) is 13.0. The number of anilines is 1. The standard InChI is InChI=1S/C12H13FN4O2/c1-7-9(8(2)16-15-7)6-14-12-10(13)4-3-5-11(12)17(18)19/h3-5,14H,6H2,1-2H3,(H,15,16). The van der Waals surface area contributed by atoms with Crippen LogP contribution in [0.2, 0.25) is 0 Å². The Hall–Kier alpha value is -2.44. The molecular formula is C12H13FN4O2. The number of aromatic amines is 1. The van der Waals surface area contributed by atoms with Crippen LogP contribution in [-0.2, 0) is 6.54 Å². The minimum Gasteiger partial charge on any atom is -0.373 e. The first-order valence-electron chi connectivity index (χ1n) is 5.68. The summed E-state index contributed by atoms with van der Waals surface area (Å²) in [6, 6.07) is 3.76. The lowest BCUT2D eigenvalue weighted by molar-refractivity contribution is -0.384. The quantitative estimate of drug-likeness (QED) is 0.656. The van der Waals surface area contributed by atoms with Crippen molar-refractivity contribution in [2.24, 2.45) is 0 Å². The number of nitrogens with one attached hydrogen (secondary N) is 2. The van der Waals surface area contributed by atoms with Crippen molar-refractivity contribution in [3.8, 4) is 0 Å². The molecule has 0 radical (unpaired) electrons. The van der Waals surface area contributed by atoms with Crippen LogP contribution in [-0.4, -0.2) is 15.1 Å². The molecule has 7 heteroatoms. The fourth-order valence-electron chi connectivity index (χ4n) is 1.85. The van der Waals surface area contributed by atoms with Crippen LogP contribution in [0, 0.1) is 29.8 Å². The van der Waals surface area contributed by atoms with Crippen LogP contribution in [0.15, 0.2) is 18.2 Å². The molecule has 0 spiro atoms. The number of nitrogens with zero attached hydrogens (tertiary/aromatic N) is 2. The summed E-state index contributed by atoms with van der Waals surface area (Å²) in [7, 11) is 0. The van der Waals surface area contributed by atoms with Crippen LogP contribution < -0.4 is 5.32 Å². The topological polar surface area (TPSA) is 83.8 Å². The van der Waals surface area contributed by atoms with Gasteiger partial charge in [-0.15, -0.1) is 0 Å². The molecule has 0 aliphatic rings. The fraction of sp³-hybridized carbons (Fsp3) is 0.250. The minimum atomic E-state index is -0.645. The normalized spacial score (nSPS) is 10.5. The van der Waals surface area contributed by atoms with Crippen molar-refractivity contribution in [3.05, 3.63) is 51.1 Å². The second-order valence-corrected chi connectivity index (χ2v) is 4.16. The van der Waals surface area contributed by atoms with Crippen LogP contribution in [0.5, 0.6) is 0 Å². The maximum absolute atomic E-state index is 13.6. The molecule has 0 amide bonds. The van der Waals surface area contributed by atoms with Gasteiger partial charge in [0.25, 0.3) is 5.69 Å². The van der Waals surface area contributed by atoms with Gasteiger partial charge in [0.15, 0.2) is 5.82 Å². The van der Waals surface area contributed by atoms with E-state index >= 15 is 0 Å². The lowest BCUT2D eigenvalue weighted by Crippen LogP contribution is -2.06. The van der Waals surface area contributed by atoms with E-state index in [-0.39, 0.29) is 17.9 Å². The molecular weight excluding hydrogens is 251 g/mol. The Bertz CT molecular complexity index is 605. The molecule has 1 heterocycles. The molecule has 2 rings (SSSR count). The molecule has 1 aromatic carbocycles. The molecule has 0 aliphatic carbocycles. The Morgan fingerprint density at radius 1 is 1.47 bits per heavy atom. The fourth-order valence-corrected chi connectivity index (χ4v) is 1.85. The van der Waals surface area contributed by atoms with Crippen LogP contribution in [0.1, 0.15) is 17.0 Å². The van der Waals surface area contributed by atoms with Gasteiger partial charge in [0, 0.05) is 23.9 Å². The third-order valence-corrected chi connectivity index (χ3v) is 2.91. The SMILES string of the molecule is Cc1n[nH]c(C)c1CNc1c(F)cccc1[N+](=O)[O-]. The molecule has 2 N–H and O–H groups in total. The van der Waals surface area contributed by atoms with Gasteiger partial charge in [-0.2, -0.15) is 5.10 Å². The Labute approximate surface area is 108 Å². The summed E-state index contributed by atoms with van der Waals surface area (Å²) >= 11 is 0. The highest BCUT2D eigenvalue weighted by Gasteiger charge is 2.18. The van der Waals surface area contributed by atoms with Crippen molar-refractivity contribution < 1.29 is 9.31 Å². The molecule has 0 unspecified atom stereocenters. The number of nitro groups is 1. The Morgan fingerprint density at radius 2 is 2.21 bits per heavy atom. The van der Waals surface area contributed by atoms with Gasteiger partial charge in [-0.1, -0.05) is 6.07 Å². The van der Waals surface area contributed by atoms with E-state index in [4.69, 9.17) is 0 Å². The summed E-state index contributed by atoms with van der Waals surface area (Å²) in [5, 5.41) is 20.4. The molecule has 6 nitrogen and oxygen atoms in total.